The van der Waals surface area contributed by atoms with Crippen LogP contribution in [0.1, 0.15) is 13.3 Å². The molecule has 0 aromatic rings. The molecule has 4 nitrogen and oxygen atoms in total. The van der Waals surface area contributed by atoms with Crippen LogP contribution in [0.5, 0.6) is 0 Å². The Labute approximate surface area is 188 Å². The maximum atomic E-state index is 7.04. The van der Waals surface area contributed by atoms with Gasteiger partial charge in [0.15, 0.2) is 16.6 Å². The average molecular weight is 497 g/mol. The molecule has 0 bridgehead atoms. The fourth-order valence-corrected chi connectivity index (χ4v) is 25.5. The van der Waals surface area contributed by atoms with E-state index in [0.717, 1.165) is 38.0 Å². The van der Waals surface area contributed by atoms with Crippen LogP contribution in [-0.4, -0.2) is 67.9 Å². The van der Waals surface area contributed by atoms with E-state index in [0.29, 0.717) is 0 Å². The van der Waals surface area contributed by atoms with Crippen molar-refractivity contribution in [3.05, 3.63) is 0 Å². The van der Waals surface area contributed by atoms with E-state index in [9.17, 15) is 0 Å². The molecule has 0 aromatic carbocycles. The van der Waals surface area contributed by atoms with E-state index in [1.807, 2.05) is 0 Å². The van der Waals surface area contributed by atoms with Crippen molar-refractivity contribution in [1.29, 1.82) is 0 Å². The molecular formula is C20H52O4Si5. The molecule has 0 aliphatic carbocycles. The standard InChI is InChI=1S/C20H52O4Si5/c1-13-29(12,22-16-18-27(9,10)23-19-25(3,4)5)24-28(11,17-14-15-21-2)20-26(6,7)8/h13-20H2,1-12H3/t28?,29-/m1/s1. The molecule has 0 N–H and O–H groups in total. The highest BCUT2D eigenvalue weighted by Gasteiger charge is 2.42. The summed E-state index contributed by atoms with van der Waals surface area (Å²) in [5.41, 5.74) is 1.30. The highest BCUT2D eigenvalue weighted by Crippen LogP contribution is 2.31. The van der Waals surface area contributed by atoms with Crippen LogP contribution in [-0.2, 0) is 17.7 Å². The van der Waals surface area contributed by atoms with Gasteiger partial charge in [0.05, 0.1) is 8.07 Å². The molecule has 0 aliphatic rings. The Hall–Kier alpha value is 0.924. The predicted octanol–water partition coefficient (Wildman–Crippen LogP) is 6.70. The first-order chi connectivity index (χ1) is 12.9. The van der Waals surface area contributed by atoms with Gasteiger partial charge >= 0.3 is 8.56 Å². The minimum atomic E-state index is -2.16. The van der Waals surface area contributed by atoms with Gasteiger partial charge in [-0.05, 0) is 56.4 Å². The van der Waals surface area contributed by atoms with E-state index >= 15 is 0 Å². The van der Waals surface area contributed by atoms with Gasteiger partial charge in [0, 0.05) is 34.6 Å². The summed E-state index contributed by atoms with van der Waals surface area (Å²) >= 11 is 0. The Morgan fingerprint density at radius 2 is 1.28 bits per heavy atom. The molecule has 0 heterocycles. The third-order valence-electron chi connectivity index (χ3n) is 5.07. The van der Waals surface area contributed by atoms with Crippen LogP contribution in [0.25, 0.3) is 0 Å². The molecule has 0 saturated heterocycles. The minimum Gasteiger partial charge on any atom is -0.436 e. The molecule has 0 spiro atoms. The third-order valence-corrected chi connectivity index (χ3v) is 23.1. The summed E-state index contributed by atoms with van der Waals surface area (Å²) in [6.07, 6.45) is 2.06. The van der Waals surface area contributed by atoms with Crippen molar-refractivity contribution in [3.63, 3.8) is 0 Å². The van der Waals surface area contributed by atoms with Crippen molar-refractivity contribution >= 4 is 41.3 Å². The average Bonchev–Trinajstić information content (AvgIpc) is 2.50. The van der Waals surface area contributed by atoms with E-state index in [1.54, 1.807) is 7.11 Å². The van der Waals surface area contributed by atoms with Gasteiger partial charge in [0.2, 0.25) is 0 Å². The summed E-state index contributed by atoms with van der Waals surface area (Å²) in [6, 6.07) is 3.25. The Morgan fingerprint density at radius 1 is 0.690 bits per heavy atom. The molecule has 9 heteroatoms. The van der Waals surface area contributed by atoms with Crippen molar-refractivity contribution in [2.75, 3.05) is 26.6 Å². The van der Waals surface area contributed by atoms with Crippen LogP contribution < -0.4 is 0 Å². The molecule has 0 amide bonds. The molecule has 2 atom stereocenters. The quantitative estimate of drug-likeness (QED) is 0.176. The summed E-state index contributed by atoms with van der Waals surface area (Å²) in [7, 11) is -6.21. The van der Waals surface area contributed by atoms with Gasteiger partial charge in [0.1, 0.15) is 0 Å². The van der Waals surface area contributed by atoms with Crippen LogP contribution in [0.4, 0.5) is 0 Å². The highest BCUT2D eigenvalue weighted by molar-refractivity contribution is 6.95. The Kier molecular flexibility index (Phi) is 12.6. The summed E-state index contributed by atoms with van der Waals surface area (Å²) in [5, 5.41) is 0. The van der Waals surface area contributed by atoms with Crippen LogP contribution >= 0.6 is 0 Å². The van der Waals surface area contributed by atoms with E-state index in [4.69, 9.17) is 17.7 Å². The summed E-state index contributed by atoms with van der Waals surface area (Å²) in [5.74, 6) is 0. The first-order valence-corrected chi connectivity index (χ1v) is 27.3. The van der Waals surface area contributed by atoms with Crippen LogP contribution in [0.15, 0.2) is 0 Å². The Bertz CT molecular complexity index is 465. The van der Waals surface area contributed by atoms with Gasteiger partial charge in [-0.25, -0.2) is 0 Å². The molecular weight excluding hydrogens is 445 g/mol. The molecule has 0 saturated carbocycles. The largest absolute Gasteiger partial charge is 0.436 e. The monoisotopic (exact) mass is 496 g/mol. The van der Waals surface area contributed by atoms with Gasteiger partial charge in [-0.3, -0.25) is 0 Å². The summed E-state index contributed by atoms with van der Waals surface area (Å²) in [4.78, 5) is 0. The summed E-state index contributed by atoms with van der Waals surface area (Å²) in [6.45, 7) is 27.8. The lowest BCUT2D eigenvalue weighted by Crippen LogP contribution is -2.53. The number of ether oxygens (including phenoxy) is 1. The SMILES string of the molecule is CC[Si@](C)(OCC[Si](C)(C)OC[Si](C)(C)C)O[Si](C)(CCCOC)C[Si](C)(C)C. The lowest BCUT2D eigenvalue weighted by molar-refractivity contribution is 0.197. The zero-order chi connectivity index (χ0) is 23.0. The third kappa shape index (κ3) is 15.4. The molecule has 29 heavy (non-hydrogen) atoms. The number of hydrogen-bond donors (Lipinski definition) is 0. The fraction of sp³-hybridized carbons (Fsp3) is 1.00. The topological polar surface area (TPSA) is 36.9 Å². The molecule has 0 rings (SSSR count). The lowest BCUT2D eigenvalue weighted by atomic mass is 10.5. The fourth-order valence-electron chi connectivity index (χ4n) is 3.61. The first kappa shape index (κ1) is 29.9. The molecule has 0 aromatic heterocycles. The lowest BCUT2D eigenvalue weighted by Gasteiger charge is -2.40. The molecule has 0 fully saturated rings. The molecule has 0 radical (unpaired) electrons. The smallest absolute Gasteiger partial charge is 0.324 e. The second-order valence-electron chi connectivity index (χ2n) is 12.1. The van der Waals surface area contributed by atoms with Gasteiger partial charge in [-0.2, -0.15) is 0 Å². The Morgan fingerprint density at radius 3 is 1.72 bits per heavy atom. The molecule has 0 aliphatic heterocycles. The van der Waals surface area contributed by atoms with E-state index < -0.39 is 41.3 Å². The number of rotatable bonds is 16. The van der Waals surface area contributed by atoms with E-state index in [1.165, 1.54) is 11.7 Å². The van der Waals surface area contributed by atoms with Gasteiger partial charge in [-0.15, -0.1) is 0 Å². The van der Waals surface area contributed by atoms with Crippen LogP contribution in [0, 0.1) is 0 Å². The first-order valence-electron chi connectivity index (χ1n) is 11.4. The minimum absolute atomic E-state index is 0.789. The van der Waals surface area contributed by atoms with Crippen molar-refractivity contribution in [2.24, 2.45) is 0 Å². The van der Waals surface area contributed by atoms with Crippen molar-refractivity contribution in [1.82, 2.24) is 0 Å². The van der Waals surface area contributed by atoms with Crippen molar-refractivity contribution in [2.45, 2.75) is 103 Å². The predicted molar refractivity (Wildman–Crippen MR) is 142 cm³/mol. The van der Waals surface area contributed by atoms with Crippen LogP contribution in [0.2, 0.25) is 89.3 Å². The summed E-state index contributed by atoms with van der Waals surface area (Å²) < 4.78 is 25.3. The maximum Gasteiger partial charge on any atom is 0.324 e. The number of methoxy groups -OCH3 is 1. The van der Waals surface area contributed by atoms with E-state index in [-0.39, 0.29) is 0 Å². The van der Waals surface area contributed by atoms with Crippen molar-refractivity contribution in [3.8, 4) is 0 Å². The zero-order valence-electron chi connectivity index (χ0n) is 21.8. The zero-order valence-corrected chi connectivity index (χ0v) is 26.8. The highest BCUT2D eigenvalue weighted by atomic mass is 28.5. The van der Waals surface area contributed by atoms with Gasteiger partial charge < -0.3 is 17.7 Å². The second-order valence-corrected chi connectivity index (χ2v) is 35.8. The normalized spacial score (nSPS) is 17.8. The number of hydrogen-bond acceptors (Lipinski definition) is 4. The molecule has 1 unspecified atom stereocenters. The maximum absolute atomic E-state index is 7.04. The second kappa shape index (κ2) is 12.2. The van der Waals surface area contributed by atoms with Crippen LogP contribution in [0.3, 0.4) is 0 Å². The Balaban J connectivity index is 4.96. The van der Waals surface area contributed by atoms with Gasteiger partial charge in [-0.1, -0.05) is 46.2 Å². The van der Waals surface area contributed by atoms with Gasteiger partial charge in [0.25, 0.3) is 0 Å². The van der Waals surface area contributed by atoms with Crippen molar-refractivity contribution < 1.29 is 17.7 Å². The molecule has 176 valence electrons. The van der Waals surface area contributed by atoms with E-state index in [2.05, 4.69) is 72.4 Å².